The fourth-order valence-electron chi connectivity index (χ4n) is 2.15. The van der Waals surface area contributed by atoms with Gasteiger partial charge in [-0.25, -0.2) is 8.42 Å². The molecule has 0 aromatic heterocycles. The van der Waals surface area contributed by atoms with Crippen LogP contribution in [-0.4, -0.2) is 43.5 Å². The lowest BCUT2D eigenvalue weighted by molar-refractivity contribution is -0.120. The van der Waals surface area contributed by atoms with Crippen LogP contribution in [-0.2, 0) is 21.2 Å². The molecule has 0 saturated carbocycles. The van der Waals surface area contributed by atoms with Gasteiger partial charge in [-0.1, -0.05) is 23.7 Å². The molecule has 0 fully saturated rings. The second-order valence-electron chi connectivity index (χ2n) is 6.16. The van der Waals surface area contributed by atoms with E-state index in [9.17, 15) is 13.2 Å². The van der Waals surface area contributed by atoms with Crippen molar-refractivity contribution in [2.24, 2.45) is 0 Å². The Hall–Kier alpha value is -1.11. The summed E-state index contributed by atoms with van der Waals surface area (Å²) < 4.78 is 24.9. The zero-order valence-corrected chi connectivity index (χ0v) is 15.0. The Balaban J connectivity index is 2.52. The zero-order chi connectivity index (χ0) is 17.0. The number of amides is 1. The normalized spacial score (nSPS) is 12.5. The molecular weight excluding hydrogens is 324 g/mol. The Morgan fingerprint density at radius 1 is 1.23 bits per heavy atom. The van der Waals surface area contributed by atoms with Crippen molar-refractivity contribution in [3.05, 3.63) is 34.9 Å². The predicted molar refractivity (Wildman–Crippen MR) is 89.5 cm³/mol. The van der Waals surface area contributed by atoms with Gasteiger partial charge in [0.2, 0.25) is 15.9 Å². The highest BCUT2D eigenvalue weighted by atomic mass is 35.5. The number of halogens is 1. The molecule has 7 heteroatoms. The van der Waals surface area contributed by atoms with Crippen molar-refractivity contribution >= 4 is 27.5 Å². The minimum absolute atomic E-state index is 0.148. The van der Waals surface area contributed by atoms with Crippen LogP contribution in [0.25, 0.3) is 0 Å². The largest absolute Gasteiger partial charge is 0.354 e. The van der Waals surface area contributed by atoms with E-state index in [1.165, 1.54) is 10.6 Å². The summed E-state index contributed by atoms with van der Waals surface area (Å²) in [6, 6.07) is 7.05. The number of benzene rings is 1. The molecule has 0 radical (unpaired) electrons. The average molecular weight is 347 g/mol. The van der Waals surface area contributed by atoms with Crippen molar-refractivity contribution in [2.75, 3.05) is 19.3 Å². The zero-order valence-electron chi connectivity index (χ0n) is 13.4. The Bertz CT molecular complexity index is 607. The number of carbonyl (C=O) groups is 1. The summed E-state index contributed by atoms with van der Waals surface area (Å²) in [6.07, 6.45) is 1.42. The van der Waals surface area contributed by atoms with Crippen LogP contribution in [0, 0.1) is 0 Å². The van der Waals surface area contributed by atoms with E-state index < -0.39 is 15.6 Å². The Morgan fingerprint density at radius 2 is 1.77 bits per heavy atom. The minimum atomic E-state index is -3.32. The molecule has 0 bridgehead atoms. The lowest BCUT2D eigenvalue weighted by Gasteiger charge is -2.33. The van der Waals surface area contributed by atoms with Gasteiger partial charge in [0, 0.05) is 23.7 Å². The van der Waals surface area contributed by atoms with E-state index >= 15 is 0 Å². The van der Waals surface area contributed by atoms with Crippen molar-refractivity contribution in [3.8, 4) is 0 Å². The predicted octanol–water partition coefficient (Wildman–Crippen LogP) is 2.06. The van der Waals surface area contributed by atoms with Gasteiger partial charge in [0.25, 0.3) is 0 Å². The monoisotopic (exact) mass is 346 g/mol. The van der Waals surface area contributed by atoms with Crippen LogP contribution >= 0.6 is 11.6 Å². The molecule has 1 amide bonds. The van der Waals surface area contributed by atoms with Crippen LogP contribution in [0.15, 0.2) is 24.3 Å². The molecule has 0 spiro atoms. The van der Waals surface area contributed by atoms with Gasteiger partial charge in [-0.15, -0.1) is 0 Å². The van der Waals surface area contributed by atoms with E-state index in [1.54, 1.807) is 24.3 Å². The third kappa shape index (κ3) is 6.34. The number of nitrogens with zero attached hydrogens (tertiary/aromatic N) is 1. The fraction of sp³-hybridized carbons (Fsp3) is 0.533. The SMILES string of the molecule is CC(C)(C)N(CCNC(=O)Cc1ccc(Cl)cc1)S(C)(=O)=O. The summed E-state index contributed by atoms with van der Waals surface area (Å²) in [5, 5.41) is 3.37. The van der Waals surface area contributed by atoms with Gasteiger partial charge >= 0.3 is 0 Å². The van der Waals surface area contributed by atoms with Crippen LogP contribution < -0.4 is 5.32 Å². The third-order valence-electron chi connectivity index (χ3n) is 3.06. The van der Waals surface area contributed by atoms with Gasteiger partial charge in [0.05, 0.1) is 12.7 Å². The molecule has 0 aliphatic heterocycles. The van der Waals surface area contributed by atoms with Gasteiger partial charge in [0.15, 0.2) is 0 Å². The standard InChI is InChI=1S/C15H23ClN2O3S/c1-15(2,3)18(22(4,20)21)10-9-17-14(19)11-12-5-7-13(16)8-6-12/h5-8H,9-11H2,1-4H3,(H,17,19). The molecule has 1 aromatic rings. The van der Waals surface area contributed by atoms with Crippen LogP contribution in [0.1, 0.15) is 26.3 Å². The molecule has 1 rings (SSSR count). The first-order valence-electron chi connectivity index (χ1n) is 6.99. The van der Waals surface area contributed by atoms with Crippen molar-refractivity contribution in [3.63, 3.8) is 0 Å². The lowest BCUT2D eigenvalue weighted by atomic mass is 10.1. The maximum atomic E-state index is 11.9. The van der Waals surface area contributed by atoms with E-state index in [1.807, 2.05) is 20.8 Å². The average Bonchev–Trinajstić information content (AvgIpc) is 2.34. The molecule has 1 aromatic carbocycles. The van der Waals surface area contributed by atoms with E-state index in [0.717, 1.165) is 5.56 Å². The van der Waals surface area contributed by atoms with Gasteiger partial charge in [-0.3, -0.25) is 4.79 Å². The van der Waals surface area contributed by atoms with Crippen molar-refractivity contribution in [2.45, 2.75) is 32.7 Å². The van der Waals surface area contributed by atoms with Crippen LogP contribution in [0.3, 0.4) is 0 Å². The summed E-state index contributed by atoms with van der Waals surface area (Å²) >= 11 is 5.79. The number of rotatable bonds is 6. The van der Waals surface area contributed by atoms with E-state index in [2.05, 4.69) is 5.32 Å². The molecule has 0 unspecified atom stereocenters. The maximum Gasteiger partial charge on any atom is 0.224 e. The summed E-state index contributed by atoms with van der Waals surface area (Å²) in [4.78, 5) is 11.9. The number of hydrogen-bond donors (Lipinski definition) is 1. The summed E-state index contributed by atoms with van der Waals surface area (Å²) in [5.74, 6) is -0.148. The van der Waals surface area contributed by atoms with Crippen molar-refractivity contribution in [1.29, 1.82) is 0 Å². The first-order valence-corrected chi connectivity index (χ1v) is 9.22. The minimum Gasteiger partial charge on any atom is -0.354 e. The lowest BCUT2D eigenvalue weighted by Crippen LogP contribution is -2.48. The molecule has 0 atom stereocenters. The second-order valence-corrected chi connectivity index (χ2v) is 8.50. The number of hydrogen-bond acceptors (Lipinski definition) is 3. The highest BCUT2D eigenvalue weighted by molar-refractivity contribution is 7.88. The van der Waals surface area contributed by atoms with Gasteiger partial charge < -0.3 is 5.32 Å². The highest BCUT2D eigenvalue weighted by Gasteiger charge is 2.28. The third-order valence-corrected chi connectivity index (χ3v) is 4.85. The van der Waals surface area contributed by atoms with E-state index in [-0.39, 0.29) is 25.4 Å². The molecule has 5 nitrogen and oxygen atoms in total. The first kappa shape index (κ1) is 18.9. The smallest absolute Gasteiger partial charge is 0.224 e. The van der Waals surface area contributed by atoms with Crippen LogP contribution in [0.4, 0.5) is 0 Å². The molecule has 22 heavy (non-hydrogen) atoms. The summed E-state index contributed by atoms with van der Waals surface area (Å²) in [5.41, 5.74) is 0.340. The number of carbonyl (C=O) groups excluding carboxylic acids is 1. The maximum absolute atomic E-state index is 11.9. The molecule has 0 heterocycles. The molecule has 1 N–H and O–H groups in total. The second kappa shape index (κ2) is 7.44. The Morgan fingerprint density at radius 3 is 2.23 bits per heavy atom. The van der Waals surface area contributed by atoms with Crippen LogP contribution in [0.5, 0.6) is 0 Å². The molecular formula is C15H23ClN2O3S. The van der Waals surface area contributed by atoms with Crippen LogP contribution in [0.2, 0.25) is 5.02 Å². The first-order chi connectivity index (χ1) is 10.00. The summed E-state index contributed by atoms with van der Waals surface area (Å²) in [7, 11) is -3.32. The summed E-state index contributed by atoms with van der Waals surface area (Å²) in [6.45, 7) is 5.99. The number of nitrogens with one attached hydrogen (secondary N) is 1. The Kier molecular flexibility index (Phi) is 6.40. The van der Waals surface area contributed by atoms with Gasteiger partial charge in [-0.05, 0) is 38.5 Å². The van der Waals surface area contributed by atoms with E-state index in [0.29, 0.717) is 5.02 Å². The number of sulfonamides is 1. The van der Waals surface area contributed by atoms with E-state index in [4.69, 9.17) is 11.6 Å². The molecule has 0 aliphatic carbocycles. The quantitative estimate of drug-likeness (QED) is 0.857. The Labute approximate surface area is 137 Å². The highest BCUT2D eigenvalue weighted by Crippen LogP contribution is 2.16. The molecule has 0 saturated heterocycles. The van der Waals surface area contributed by atoms with Crippen molar-refractivity contribution < 1.29 is 13.2 Å². The van der Waals surface area contributed by atoms with Gasteiger partial charge in [0.1, 0.15) is 0 Å². The fourth-order valence-corrected chi connectivity index (χ4v) is 3.69. The van der Waals surface area contributed by atoms with Crippen molar-refractivity contribution in [1.82, 2.24) is 9.62 Å². The van der Waals surface area contributed by atoms with Gasteiger partial charge in [-0.2, -0.15) is 4.31 Å². The topological polar surface area (TPSA) is 66.5 Å². The molecule has 0 aliphatic rings. The molecule has 124 valence electrons.